The third-order valence-electron chi connectivity index (χ3n) is 7.06. The number of unbranched alkanes of at least 4 members (excludes halogenated alkanes) is 19. The van der Waals surface area contributed by atoms with Crippen LogP contribution in [0.2, 0.25) is 0 Å². The number of rotatable bonds is 28. The summed E-state index contributed by atoms with van der Waals surface area (Å²) in [6.45, 7) is 4.43. The number of ether oxygens (including phenoxy) is 1. The van der Waals surface area contributed by atoms with Crippen LogP contribution in [-0.4, -0.2) is 23.1 Å². The maximum atomic E-state index is 12.3. The van der Waals surface area contributed by atoms with Gasteiger partial charge < -0.3 is 9.84 Å². The number of carbonyl (C=O) groups is 2. The predicted octanol–water partition coefficient (Wildman–Crippen LogP) is 10.2. The summed E-state index contributed by atoms with van der Waals surface area (Å²) in [6, 6.07) is 0. The minimum Gasteiger partial charge on any atom is -0.481 e. The lowest BCUT2D eigenvalue weighted by atomic mass is 10.0. The topological polar surface area (TPSA) is 63.6 Å². The molecule has 0 aromatic rings. The summed E-state index contributed by atoms with van der Waals surface area (Å²) < 4.78 is 5.79. The number of aliphatic carboxylic acids is 1. The zero-order valence-corrected chi connectivity index (χ0v) is 23.6. The number of carboxylic acid groups (broad SMARTS) is 1. The van der Waals surface area contributed by atoms with Gasteiger partial charge in [0.15, 0.2) is 0 Å². The van der Waals surface area contributed by atoms with E-state index in [4.69, 9.17) is 9.84 Å². The standard InChI is InChI=1S/C31H60O4/c1-3-5-6-7-8-9-10-11-12-13-14-18-21-24-28-31(34)35-29(25-4-2)26-22-19-16-15-17-20-23-27-30(32)33/h29H,3-28H2,1-2H3,(H,32,33). The molecule has 1 unspecified atom stereocenters. The lowest BCUT2D eigenvalue weighted by Gasteiger charge is -2.17. The fourth-order valence-electron chi connectivity index (χ4n) is 4.82. The molecule has 0 aliphatic heterocycles. The van der Waals surface area contributed by atoms with Crippen molar-refractivity contribution in [2.75, 3.05) is 0 Å². The molecule has 0 fully saturated rings. The van der Waals surface area contributed by atoms with Crippen LogP contribution in [0.3, 0.4) is 0 Å². The van der Waals surface area contributed by atoms with Crippen LogP contribution in [0.25, 0.3) is 0 Å². The average molecular weight is 497 g/mol. The fraction of sp³-hybridized carbons (Fsp3) is 0.935. The Labute approximate surface area is 218 Å². The minimum atomic E-state index is -0.689. The molecule has 0 aromatic heterocycles. The summed E-state index contributed by atoms with van der Waals surface area (Å²) in [6.07, 6.45) is 30.2. The average Bonchev–Trinajstić information content (AvgIpc) is 2.83. The van der Waals surface area contributed by atoms with Crippen LogP contribution in [0, 0.1) is 0 Å². The summed E-state index contributed by atoms with van der Waals surface area (Å²) in [4.78, 5) is 22.8. The van der Waals surface area contributed by atoms with Gasteiger partial charge in [-0.05, 0) is 32.1 Å². The summed E-state index contributed by atoms with van der Waals surface area (Å²) in [5.74, 6) is -0.688. The van der Waals surface area contributed by atoms with E-state index >= 15 is 0 Å². The van der Waals surface area contributed by atoms with Crippen molar-refractivity contribution in [3.05, 3.63) is 0 Å². The van der Waals surface area contributed by atoms with E-state index in [1.165, 1.54) is 96.3 Å². The van der Waals surface area contributed by atoms with Crippen molar-refractivity contribution in [1.29, 1.82) is 0 Å². The highest BCUT2D eigenvalue weighted by molar-refractivity contribution is 5.69. The first-order valence-electron chi connectivity index (χ1n) is 15.5. The van der Waals surface area contributed by atoms with Gasteiger partial charge in [0.05, 0.1) is 0 Å². The van der Waals surface area contributed by atoms with Crippen LogP contribution in [0.15, 0.2) is 0 Å². The van der Waals surface area contributed by atoms with E-state index in [1.807, 2.05) is 0 Å². The van der Waals surface area contributed by atoms with Gasteiger partial charge in [-0.1, -0.05) is 136 Å². The highest BCUT2D eigenvalue weighted by atomic mass is 16.5. The first kappa shape index (κ1) is 33.9. The van der Waals surface area contributed by atoms with Crippen molar-refractivity contribution in [3.8, 4) is 0 Å². The molecular weight excluding hydrogens is 436 g/mol. The third kappa shape index (κ3) is 27.4. The quantitative estimate of drug-likeness (QED) is 0.0864. The van der Waals surface area contributed by atoms with E-state index in [2.05, 4.69) is 13.8 Å². The monoisotopic (exact) mass is 496 g/mol. The second-order valence-electron chi connectivity index (χ2n) is 10.7. The molecular formula is C31H60O4. The number of carbonyl (C=O) groups excluding carboxylic acids is 1. The Hall–Kier alpha value is -1.06. The number of hydrogen-bond acceptors (Lipinski definition) is 3. The van der Waals surface area contributed by atoms with Gasteiger partial charge in [-0.3, -0.25) is 9.59 Å². The molecule has 4 heteroatoms. The highest BCUT2D eigenvalue weighted by Gasteiger charge is 2.13. The summed E-state index contributed by atoms with van der Waals surface area (Å²) in [5.41, 5.74) is 0. The van der Waals surface area contributed by atoms with E-state index in [0.717, 1.165) is 57.8 Å². The van der Waals surface area contributed by atoms with Crippen molar-refractivity contribution in [3.63, 3.8) is 0 Å². The van der Waals surface area contributed by atoms with Crippen LogP contribution < -0.4 is 0 Å². The van der Waals surface area contributed by atoms with Crippen molar-refractivity contribution in [1.82, 2.24) is 0 Å². The second-order valence-corrected chi connectivity index (χ2v) is 10.7. The minimum absolute atomic E-state index is 0.000757. The zero-order chi connectivity index (χ0) is 25.8. The van der Waals surface area contributed by atoms with Gasteiger partial charge >= 0.3 is 11.9 Å². The van der Waals surface area contributed by atoms with Gasteiger partial charge in [-0.2, -0.15) is 0 Å². The van der Waals surface area contributed by atoms with Gasteiger partial charge in [-0.15, -0.1) is 0 Å². The normalized spacial score (nSPS) is 12.1. The van der Waals surface area contributed by atoms with Crippen molar-refractivity contribution >= 4 is 11.9 Å². The maximum Gasteiger partial charge on any atom is 0.306 e. The highest BCUT2D eigenvalue weighted by Crippen LogP contribution is 2.17. The predicted molar refractivity (Wildman–Crippen MR) is 149 cm³/mol. The van der Waals surface area contributed by atoms with E-state index in [9.17, 15) is 9.59 Å². The molecule has 0 amide bonds. The molecule has 1 atom stereocenters. The molecule has 0 spiro atoms. The lowest BCUT2D eigenvalue weighted by molar-refractivity contribution is -0.150. The van der Waals surface area contributed by atoms with Crippen molar-refractivity contribution < 1.29 is 19.4 Å². The third-order valence-corrected chi connectivity index (χ3v) is 7.06. The molecule has 35 heavy (non-hydrogen) atoms. The van der Waals surface area contributed by atoms with Gasteiger partial charge in [0.2, 0.25) is 0 Å². The van der Waals surface area contributed by atoms with Gasteiger partial charge in [-0.25, -0.2) is 0 Å². The molecule has 0 aliphatic rings. The van der Waals surface area contributed by atoms with Crippen molar-refractivity contribution in [2.45, 2.75) is 187 Å². The first-order chi connectivity index (χ1) is 17.1. The van der Waals surface area contributed by atoms with E-state index in [-0.39, 0.29) is 12.1 Å². The summed E-state index contributed by atoms with van der Waals surface area (Å²) in [5, 5.41) is 8.65. The van der Waals surface area contributed by atoms with Crippen molar-refractivity contribution in [2.24, 2.45) is 0 Å². The lowest BCUT2D eigenvalue weighted by Crippen LogP contribution is -2.18. The molecule has 0 aromatic carbocycles. The van der Waals surface area contributed by atoms with E-state index in [0.29, 0.717) is 12.8 Å². The fourth-order valence-corrected chi connectivity index (χ4v) is 4.82. The summed E-state index contributed by atoms with van der Waals surface area (Å²) in [7, 11) is 0. The largest absolute Gasteiger partial charge is 0.481 e. The SMILES string of the molecule is CCCCCCCCCCCCCCCCC(=O)OC(CCC)CCCCCCCCCC(=O)O. The first-order valence-corrected chi connectivity index (χ1v) is 15.5. The van der Waals surface area contributed by atoms with E-state index < -0.39 is 5.97 Å². The van der Waals surface area contributed by atoms with Crippen LogP contribution in [0.1, 0.15) is 181 Å². The Kier molecular flexibility index (Phi) is 26.7. The molecule has 0 rings (SSSR count). The van der Waals surface area contributed by atoms with Crippen LogP contribution in [0.5, 0.6) is 0 Å². The molecule has 1 N–H and O–H groups in total. The summed E-state index contributed by atoms with van der Waals surface area (Å²) >= 11 is 0. The number of hydrogen-bond donors (Lipinski definition) is 1. The Morgan fingerprint density at radius 3 is 1.34 bits per heavy atom. The zero-order valence-electron chi connectivity index (χ0n) is 23.6. The Bertz CT molecular complexity index is 463. The second kappa shape index (κ2) is 27.5. The number of carboxylic acids is 1. The van der Waals surface area contributed by atoms with Gasteiger partial charge in [0, 0.05) is 12.8 Å². The molecule has 4 nitrogen and oxygen atoms in total. The number of esters is 1. The van der Waals surface area contributed by atoms with Crippen LogP contribution >= 0.6 is 0 Å². The van der Waals surface area contributed by atoms with Gasteiger partial charge in [0.1, 0.15) is 6.10 Å². The molecule has 0 heterocycles. The smallest absolute Gasteiger partial charge is 0.306 e. The molecule has 0 radical (unpaired) electrons. The Balaban J connectivity index is 3.54. The van der Waals surface area contributed by atoms with E-state index in [1.54, 1.807) is 0 Å². The van der Waals surface area contributed by atoms with Crippen LogP contribution in [-0.2, 0) is 14.3 Å². The molecule has 208 valence electrons. The maximum absolute atomic E-state index is 12.3. The molecule has 0 saturated heterocycles. The molecule has 0 bridgehead atoms. The Morgan fingerprint density at radius 1 is 0.514 bits per heavy atom. The van der Waals surface area contributed by atoms with Gasteiger partial charge in [0.25, 0.3) is 0 Å². The Morgan fingerprint density at radius 2 is 0.914 bits per heavy atom. The molecule has 0 saturated carbocycles. The van der Waals surface area contributed by atoms with Crippen LogP contribution in [0.4, 0.5) is 0 Å². The molecule has 0 aliphatic carbocycles.